The van der Waals surface area contributed by atoms with Crippen LogP contribution in [0.25, 0.3) is 0 Å². The molecule has 0 aromatic rings. The Labute approximate surface area is 110 Å². The molecule has 2 heteroatoms. The lowest BCUT2D eigenvalue weighted by atomic mass is 9.48. The molecule has 0 unspecified atom stereocenters. The van der Waals surface area contributed by atoms with Crippen LogP contribution in [0.3, 0.4) is 0 Å². The van der Waals surface area contributed by atoms with Gasteiger partial charge in [0.25, 0.3) is 0 Å². The highest BCUT2D eigenvalue weighted by Gasteiger charge is 2.53. The summed E-state index contributed by atoms with van der Waals surface area (Å²) < 4.78 is 0. The van der Waals surface area contributed by atoms with Crippen molar-refractivity contribution in [3.63, 3.8) is 0 Å². The second kappa shape index (κ2) is 4.33. The molecule has 0 aliphatic heterocycles. The molecule has 3 aliphatic carbocycles. The van der Waals surface area contributed by atoms with Gasteiger partial charge in [0, 0.05) is 11.8 Å². The first-order valence-corrected chi connectivity index (χ1v) is 7.74. The zero-order chi connectivity index (χ0) is 12.9. The van der Waals surface area contributed by atoms with Crippen molar-refractivity contribution in [3.05, 3.63) is 0 Å². The molecule has 0 aromatic heterocycles. The number of rotatable bonds is 0. The van der Waals surface area contributed by atoms with Crippen molar-refractivity contribution in [2.75, 3.05) is 0 Å². The maximum Gasteiger partial charge on any atom is 0.139 e. The predicted octanol–water partition coefficient (Wildman–Crippen LogP) is 3.18. The van der Waals surface area contributed by atoms with Crippen LogP contribution in [0.4, 0.5) is 0 Å². The van der Waals surface area contributed by atoms with Gasteiger partial charge < -0.3 is 5.11 Å². The van der Waals surface area contributed by atoms with E-state index in [9.17, 15) is 9.90 Å². The van der Waals surface area contributed by atoms with Crippen molar-refractivity contribution in [1.29, 1.82) is 0 Å². The van der Waals surface area contributed by atoms with Crippen LogP contribution in [0.5, 0.6) is 0 Å². The number of hydrogen-bond donors (Lipinski definition) is 1. The molecule has 0 bridgehead atoms. The summed E-state index contributed by atoms with van der Waals surface area (Å²) in [6.07, 6.45) is 7.53. The minimum absolute atomic E-state index is 0.0853. The molecular weight excluding hydrogens is 224 g/mol. The van der Waals surface area contributed by atoms with E-state index in [1.165, 1.54) is 6.42 Å². The van der Waals surface area contributed by atoms with Crippen molar-refractivity contribution in [3.8, 4) is 0 Å². The van der Waals surface area contributed by atoms with Crippen molar-refractivity contribution >= 4 is 5.78 Å². The van der Waals surface area contributed by atoms with E-state index in [-0.39, 0.29) is 6.10 Å². The molecule has 1 N–H and O–H groups in total. The molecular formula is C16H26O2. The maximum absolute atomic E-state index is 12.4. The number of fused-ring (bicyclic) bond motifs is 3. The fourth-order valence-electron chi connectivity index (χ4n) is 5.18. The molecule has 3 aliphatic rings. The molecule has 3 rings (SSSR count). The highest BCUT2D eigenvalue weighted by Crippen LogP contribution is 2.58. The Balaban J connectivity index is 1.86. The summed E-state index contributed by atoms with van der Waals surface area (Å²) in [7, 11) is 0. The van der Waals surface area contributed by atoms with Gasteiger partial charge in [0.1, 0.15) is 5.78 Å². The van der Waals surface area contributed by atoms with Crippen molar-refractivity contribution in [2.45, 2.75) is 64.9 Å². The Hall–Kier alpha value is -0.370. The second-order valence-electron chi connectivity index (χ2n) is 7.30. The predicted molar refractivity (Wildman–Crippen MR) is 71.1 cm³/mol. The van der Waals surface area contributed by atoms with Gasteiger partial charge in [-0.15, -0.1) is 0 Å². The van der Waals surface area contributed by atoms with Crippen molar-refractivity contribution < 1.29 is 9.90 Å². The van der Waals surface area contributed by atoms with Gasteiger partial charge in [-0.05, 0) is 62.2 Å². The van der Waals surface area contributed by atoms with E-state index in [0.29, 0.717) is 34.9 Å². The van der Waals surface area contributed by atoms with E-state index < -0.39 is 0 Å². The molecule has 3 saturated carbocycles. The standard InChI is InChI=1S/C16H26O2/c1-10-3-6-14-13(15(10)18)5-4-11-9-12(17)7-8-16(11,14)2/h10-14,17H,3-9H2,1-2H3/t10-,11+,12-,13-,14+,16-/m0/s1. The Bertz CT molecular complexity index is 351. The van der Waals surface area contributed by atoms with Crippen LogP contribution in [0.15, 0.2) is 0 Å². The summed E-state index contributed by atoms with van der Waals surface area (Å²) >= 11 is 0. The highest BCUT2D eigenvalue weighted by molar-refractivity contribution is 5.84. The zero-order valence-corrected chi connectivity index (χ0v) is 11.7. The lowest BCUT2D eigenvalue weighted by molar-refractivity contribution is -0.144. The molecule has 2 nitrogen and oxygen atoms in total. The van der Waals surface area contributed by atoms with Gasteiger partial charge in [0.05, 0.1) is 6.10 Å². The van der Waals surface area contributed by atoms with Gasteiger partial charge in [0.15, 0.2) is 0 Å². The third-order valence-corrected chi connectivity index (χ3v) is 6.43. The quantitative estimate of drug-likeness (QED) is 0.717. The van der Waals surface area contributed by atoms with E-state index in [1.807, 2.05) is 0 Å². The van der Waals surface area contributed by atoms with Crippen LogP contribution in [0, 0.1) is 29.1 Å². The van der Waals surface area contributed by atoms with Crippen LogP contribution in [0.2, 0.25) is 0 Å². The molecule has 0 saturated heterocycles. The average molecular weight is 250 g/mol. The van der Waals surface area contributed by atoms with Crippen LogP contribution >= 0.6 is 0 Å². The maximum atomic E-state index is 12.4. The topological polar surface area (TPSA) is 37.3 Å². The average Bonchev–Trinajstić information content (AvgIpc) is 2.34. The summed E-state index contributed by atoms with van der Waals surface area (Å²) in [5.74, 6) is 2.43. The van der Waals surface area contributed by atoms with Gasteiger partial charge in [-0.2, -0.15) is 0 Å². The van der Waals surface area contributed by atoms with Gasteiger partial charge in [-0.3, -0.25) is 4.79 Å². The Morgan fingerprint density at radius 3 is 2.72 bits per heavy atom. The molecule has 18 heavy (non-hydrogen) atoms. The largest absolute Gasteiger partial charge is 0.393 e. The summed E-state index contributed by atoms with van der Waals surface area (Å²) in [4.78, 5) is 12.4. The van der Waals surface area contributed by atoms with Crippen molar-refractivity contribution in [1.82, 2.24) is 0 Å². The fraction of sp³-hybridized carbons (Fsp3) is 0.938. The highest BCUT2D eigenvalue weighted by atomic mass is 16.3. The molecule has 0 heterocycles. The monoisotopic (exact) mass is 250 g/mol. The summed E-state index contributed by atoms with van der Waals surface area (Å²) in [6.45, 7) is 4.52. The van der Waals surface area contributed by atoms with Gasteiger partial charge in [0.2, 0.25) is 0 Å². The minimum atomic E-state index is -0.0853. The third kappa shape index (κ3) is 1.76. The Kier molecular flexibility index (Phi) is 3.04. The second-order valence-corrected chi connectivity index (χ2v) is 7.30. The number of ketones is 1. The number of aliphatic hydroxyl groups is 1. The molecule has 6 atom stereocenters. The minimum Gasteiger partial charge on any atom is -0.393 e. The molecule has 0 spiro atoms. The molecule has 0 aromatic carbocycles. The fourth-order valence-corrected chi connectivity index (χ4v) is 5.18. The number of aliphatic hydroxyl groups excluding tert-OH is 1. The zero-order valence-electron chi connectivity index (χ0n) is 11.7. The van der Waals surface area contributed by atoms with Crippen LogP contribution in [0.1, 0.15) is 58.8 Å². The lowest BCUT2D eigenvalue weighted by Crippen LogP contribution is -2.52. The SMILES string of the molecule is C[C@H]1CC[C@@H]2[C@H](CC[C@@H]3C[C@@H](O)CC[C@@]32C)C1=O. The first kappa shape index (κ1) is 12.7. The first-order valence-electron chi connectivity index (χ1n) is 7.74. The van der Waals surface area contributed by atoms with Gasteiger partial charge in [-0.1, -0.05) is 13.8 Å². The number of hydrogen-bond acceptors (Lipinski definition) is 2. The number of carbonyl (C=O) groups excluding carboxylic acids is 1. The lowest BCUT2D eigenvalue weighted by Gasteiger charge is -2.56. The van der Waals surface area contributed by atoms with Crippen LogP contribution < -0.4 is 0 Å². The van der Waals surface area contributed by atoms with Crippen molar-refractivity contribution in [2.24, 2.45) is 29.1 Å². The third-order valence-electron chi connectivity index (χ3n) is 6.43. The Morgan fingerprint density at radius 1 is 1.17 bits per heavy atom. The molecule has 102 valence electrons. The van der Waals surface area contributed by atoms with Crippen LogP contribution in [-0.4, -0.2) is 17.0 Å². The van der Waals surface area contributed by atoms with E-state index in [1.54, 1.807) is 0 Å². The molecule has 0 radical (unpaired) electrons. The van der Waals surface area contributed by atoms with Gasteiger partial charge in [-0.25, -0.2) is 0 Å². The van der Waals surface area contributed by atoms with E-state index >= 15 is 0 Å². The Morgan fingerprint density at radius 2 is 1.94 bits per heavy atom. The summed E-state index contributed by atoms with van der Waals surface area (Å²) in [5, 5.41) is 9.89. The summed E-state index contributed by atoms with van der Waals surface area (Å²) in [6, 6.07) is 0. The van der Waals surface area contributed by atoms with Crippen LogP contribution in [-0.2, 0) is 4.79 Å². The van der Waals surface area contributed by atoms with E-state index in [4.69, 9.17) is 0 Å². The number of carbonyl (C=O) groups is 1. The first-order chi connectivity index (χ1) is 8.52. The molecule has 0 amide bonds. The normalized spacial score (nSPS) is 52.6. The van der Waals surface area contributed by atoms with Gasteiger partial charge >= 0.3 is 0 Å². The smallest absolute Gasteiger partial charge is 0.139 e. The number of Topliss-reactive ketones (excluding diaryl/α,β-unsaturated/α-hetero) is 1. The van der Waals surface area contributed by atoms with E-state index in [0.717, 1.165) is 38.5 Å². The van der Waals surface area contributed by atoms with E-state index in [2.05, 4.69) is 13.8 Å². The molecule has 3 fully saturated rings. The summed E-state index contributed by atoms with van der Waals surface area (Å²) in [5.41, 5.74) is 0.331.